The second kappa shape index (κ2) is 9.71. The van der Waals surface area contributed by atoms with E-state index in [1.165, 1.54) is 31.4 Å². The van der Waals surface area contributed by atoms with Crippen LogP contribution in [0.25, 0.3) is 0 Å². The predicted molar refractivity (Wildman–Crippen MR) is 106 cm³/mol. The highest BCUT2D eigenvalue weighted by molar-refractivity contribution is 5.86. The monoisotopic (exact) mass is 393 g/mol. The van der Waals surface area contributed by atoms with Crippen LogP contribution in [-0.4, -0.2) is 50.6 Å². The molecule has 1 aliphatic heterocycles. The maximum absolute atomic E-state index is 14.0. The van der Waals surface area contributed by atoms with Crippen molar-refractivity contribution in [2.75, 3.05) is 31.6 Å². The Hall–Kier alpha value is -2.38. The van der Waals surface area contributed by atoms with Gasteiger partial charge in [-0.25, -0.2) is 8.78 Å². The molecule has 0 radical (unpaired) electrons. The zero-order valence-corrected chi connectivity index (χ0v) is 16.3. The lowest BCUT2D eigenvalue weighted by Crippen LogP contribution is -2.49. The second-order valence-corrected chi connectivity index (χ2v) is 7.50. The van der Waals surface area contributed by atoms with E-state index in [1.807, 2.05) is 4.90 Å². The molecule has 1 unspecified atom stereocenters. The highest BCUT2D eigenvalue weighted by atomic mass is 19.1. The number of rotatable bonds is 5. The van der Waals surface area contributed by atoms with Crippen LogP contribution in [0.1, 0.15) is 38.5 Å². The Labute approximate surface area is 164 Å². The number of amides is 1. The van der Waals surface area contributed by atoms with Gasteiger partial charge >= 0.3 is 0 Å². The first kappa shape index (κ1) is 20.4. The van der Waals surface area contributed by atoms with E-state index in [-0.39, 0.29) is 24.5 Å². The Morgan fingerprint density at radius 1 is 1.14 bits per heavy atom. The summed E-state index contributed by atoms with van der Waals surface area (Å²) in [6.07, 6.45) is 6.50. The quantitative estimate of drug-likeness (QED) is 0.530. The lowest BCUT2D eigenvalue weighted by molar-refractivity contribution is -0.120. The molecule has 2 aliphatic rings. The van der Waals surface area contributed by atoms with Crippen LogP contribution in [0.5, 0.6) is 0 Å². The molecule has 154 valence electrons. The fourth-order valence-electron chi connectivity index (χ4n) is 3.91. The number of carbonyl (C=O) groups excluding carboxylic acids is 1. The van der Waals surface area contributed by atoms with Gasteiger partial charge in [0.2, 0.25) is 5.91 Å². The van der Waals surface area contributed by atoms with Crippen LogP contribution in [0.4, 0.5) is 14.5 Å². The SMILES string of the molecule is CN=C(NCC(=O)NC1CCCCC1)NC1CCN(c2ccc(F)cc2F)C1. The van der Waals surface area contributed by atoms with Crippen LogP contribution < -0.4 is 20.9 Å². The lowest BCUT2D eigenvalue weighted by Gasteiger charge is -2.23. The average molecular weight is 393 g/mol. The maximum atomic E-state index is 14.0. The number of nitrogens with one attached hydrogen (secondary N) is 3. The van der Waals surface area contributed by atoms with Crippen LogP contribution in [-0.2, 0) is 4.79 Å². The van der Waals surface area contributed by atoms with Gasteiger partial charge in [0, 0.05) is 38.3 Å². The highest BCUT2D eigenvalue weighted by Gasteiger charge is 2.25. The summed E-state index contributed by atoms with van der Waals surface area (Å²) in [5, 5.41) is 9.39. The van der Waals surface area contributed by atoms with Gasteiger partial charge in [0.25, 0.3) is 0 Å². The van der Waals surface area contributed by atoms with Gasteiger partial charge in [-0.05, 0) is 31.4 Å². The maximum Gasteiger partial charge on any atom is 0.239 e. The number of halogens is 2. The van der Waals surface area contributed by atoms with E-state index < -0.39 is 11.6 Å². The van der Waals surface area contributed by atoms with E-state index in [9.17, 15) is 13.6 Å². The summed E-state index contributed by atoms with van der Waals surface area (Å²) in [5.41, 5.74) is 0.403. The first-order valence-electron chi connectivity index (χ1n) is 10.0. The predicted octanol–water partition coefficient (Wildman–Crippen LogP) is 2.16. The number of guanidine groups is 1. The summed E-state index contributed by atoms with van der Waals surface area (Å²) >= 11 is 0. The molecular formula is C20H29F2N5O. The summed E-state index contributed by atoms with van der Waals surface area (Å²) in [6, 6.07) is 3.99. The van der Waals surface area contributed by atoms with Crippen LogP contribution in [0.2, 0.25) is 0 Å². The van der Waals surface area contributed by atoms with Crippen molar-refractivity contribution in [3.8, 4) is 0 Å². The molecule has 2 fully saturated rings. The minimum absolute atomic E-state index is 0.0312. The van der Waals surface area contributed by atoms with Crippen molar-refractivity contribution in [1.29, 1.82) is 0 Å². The zero-order chi connectivity index (χ0) is 19.9. The van der Waals surface area contributed by atoms with Crippen molar-refractivity contribution in [1.82, 2.24) is 16.0 Å². The van der Waals surface area contributed by atoms with Gasteiger partial charge in [-0.1, -0.05) is 19.3 Å². The van der Waals surface area contributed by atoms with Gasteiger partial charge in [-0.2, -0.15) is 0 Å². The Morgan fingerprint density at radius 2 is 1.93 bits per heavy atom. The van der Waals surface area contributed by atoms with Crippen LogP contribution in [0.3, 0.4) is 0 Å². The summed E-state index contributed by atoms with van der Waals surface area (Å²) in [6.45, 7) is 1.41. The van der Waals surface area contributed by atoms with Crippen molar-refractivity contribution in [3.63, 3.8) is 0 Å². The molecule has 3 rings (SSSR count). The van der Waals surface area contributed by atoms with E-state index in [0.29, 0.717) is 24.7 Å². The van der Waals surface area contributed by atoms with E-state index in [4.69, 9.17) is 0 Å². The van der Waals surface area contributed by atoms with E-state index in [1.54, 1.807) is 7.05 Å². The Bertz CT molecular complexity index is 706. The molecule has 1 heterocycles. The minimum atomic E-state index is -0.578. The normalized spacial score (nSPS) is 20.9. The van der Waals surface area contributed by atoms with Gasteiger partial charge < -0.3 is 20.9 Å². The average Bonchev–Trinajstić information content (AvgIpc) is 3.14. The van der Waals surface area contributed by atoms with Gasteiger partial charge in [0.1, 0.15) is 11.6 Å². The third kappa shape index (κ3) is 5.56. The number of benzene rings is 1. The topological polar surface area (TPSA) is 68.8 Å². The third-order valence-corrected chi connectivity index (χ3v) is 5.39. The van der Waals surface area contributed by atoms with Crippen molar-refractivity contribution < 1.29 is 13.6 Å². The Balaban J connectivity index is 1.44. The third-order valence-electron chi connectivity index (χ3n) is 5.39. The fraction of sp³-hybridized carbons (Fsp3) is 0.600. The number of aliphatic imine (C=N–C) groups is 1. The summed E-state index contributed by atoms with van der Waals surface area (Å²) in [7, 11) is 1.65. The number of hydrogen-bond acceptors (Lipinski definition) is 3. The molecule has 1 aromatic rings. The molecule has 1 atom stereocenters. The van der Waals surface area contributed by atoms with Gasteiger partial charge in [-0.15, -0.1) is 0 Å². The molecule has 0 spiro atoms. The molecule has 6 nitrogen and oxygen atoms in total. The fourth-order valence-corrected chi connectivity index (χ4v) is 3.91. The highest BCUT2D eigenvalue weighted by Crippen LogP contribution is 2.24. The molecule has 0 aromatic heterocycles. The molecule has 8 heteroatoms. The Morgan fingerprint density at radius 3 is 2.64 bits per heavy atom. The van der Waals surface area contributed by atoms with Gasteiger partial charge in [0.05, 0.1) is 12.2 Å². The standard InChI is InChI=1S/C20H29F2N5O/c1-23-20(24-12-19(28)25-15-5-3-2-4-6-15)26-16-9-10-27(13-16)18-8-7-14(21)11-17(18)22/h7-8,11,15-16H,2-6,9-10,12-13H2,1H3,(H,25,28)(H2,23,24,26). The molecular weight excluding hydrogens is 364 g/mol. The first-order valence-corrected chi connectivity index (χ1v) is 10.0. The molecule has 1 aromatic carbocycles. The van der Waals surface area contributed by atoms with Crippen LogP contribution in [0, 0.1) is 11.6 Å². The summed E-state index contributed by atoms with van der Waals surface area (Å²) < 4.78 is 27.1. The molecule has 3 N–H and O–H groups in total. The van der Waals surface area contributed by atoms with Crippen LogP contribution in [0.15, 0.2) is 23.2 Å². The lowest BCUT2D eigenvalue weighted by atomic mass is 9.95. The Kier molecular flexibility index (Phi) is 7.06. The minimum Gasteiger partial charge on any atom is -0.367 e. The molecule has 1 amide bonds. The molecule has 28 heavy (non-hydrogen) atoms. The number of nitrogens with zero attached hydrogens (tertiary/aromatic N) is 2. The largest absolute Gasteiger partial charge is 0.367 e. The smallest absolute Gasteiger partial charge is 0.239 e. The molecule has 1 saturated carbocycles. The number of hydrogen-bond donors (Lipinski definition) is 3. The van der Waals surface area contributed by atoms with E-state index in [0.717, 1.165) is 25.3 Å². The van der Waals surface area contributed by atoms with Gasteiger partial charge in [-0.3, -0.25) is 9.79 Å². The number of anilines is 1. The van der Waals surface area contributed by atoms with Gasteiger partial charge in [0.15, 0.2) is 5.96 Å². The molecule has 1 saturated heterocycles. The molecule has 1 aliphatic carbocycles. The summed E-state index contributed by atoms with van der Waals surface area (Å²) in [4.78, 5) is 18.2. The zero-order valence-electron chi connectivity index (χ0n) is 16.3. The molecule has 0 bridgehead atoms. The van der Waals surface area contributed by atoms with E-state index >= 15 is 0 Å². The second-order valence-electron chi connectivity index (χ2n) is 7.50. The number of carbonyl (C=O) groups is 1. The summed E-state index contributed by atoms with van der Waals surface area (Å²) in [5.74, 6) is -0.615. The first-order chi connectivity index (χ1) is 13.5. The van der Waals surface area contributed by atoms with Crippen molar-refractivity contribution in [2.24, 2.45) is 4.99 Å². The van der Waals surface area contributed by atoms with Crippen LogP contribution >= 0.6 is 0 Å². The van der Waals surface area contributed by atoms with Crippen molar-refractivity contribution in [3.05, 3.63) is 29.8 Å². The van der Waals surface area contributed by atoms with E-state index in [2.05, 4.69) is 20.9 Å². The van der Waals surface area contributed by atoms with Crippen molar-refractivity contribution in [2.45, 2.75) is 50.6 Å². The van der Waals surface area contributed by atoms with Crippen molar-refractivity contribution >= 4 is 17.6 Å².